The van der Waals surface area contributed by atoms with Crippen LogP contribution in [0.4, 0.5) is 5.69 Å². The highest BCUT2D eigenvalue weighted by molar-refractivity contribution is 6.07. The molecule has 2 aromatic rings. The lowest BCUT2D eigenvalue weighted by atomic mass is 9.83. The summed E-state index contributed by atoms with van der Waals surface area (Å²) in [5.41, 5.74) is 1.48. The van der Waals surface area contributed by atoms with Gasteiger partial charge in [-0.1, -0.05) is 63.2 Å². The Balaban J connectivity index is 2.09. The normalized spacial score (nSPS) is 21.0. The van der Waals surface area contributed by atoms with Gasteiger partial charge in [0.1, 0.15) is 0 Å². The number of hydrogen-bond donors (Lipinski definition) is 2. The average molecular weight is 281 g/mol. The van der Waals surface area contributed by atoms with E-state index in [1.165, 1.54) is 5.56 Å². The van der Waals surface area contributed by atoms with Crippen LogP contribution in [0.1, 0.15) is 37.5 Å². The van der Waals surface area contributed by atoms with E-state index in [9.17, 15) is 9.90 Å². The maximum Gasteiger partial charge on any atom is 0.265 e. The van der Waals surface area contributed by atoms with E-state index in [0.717, 1.165) is 0 Å². The number of aliphatic hydroxyl groups is 1. The third-order valence-corrected chi connectivity index (χ3v) is 4.06. The summed E-state index contributed by atoms with van der Waals surface area (Å²) in [7, 11) is 0. The van der Waals surface area contributed by atoms with Crippen molar-refractivity contribution in [2.75, 3.05) is 5.32 Å². The molecule has 1 atom stereocenters. The molecule has 108 valence electrons. The summed E-state index contributed by atoms with van der Waals surface area (Å²) in [5, 5.41) is 13.7. The molecule has 1 unspecified atom stereocenters. The molecular formula is C18H19NO2. The standard InChI is InChI=1S/C18H19NO2/c1-17(2,3)12-8-10-13(11-9-12)18(21)14-6-4-5-7-15(14)19-16(18)20/h4-11,21H,1-3H3,(H,19,20). The van der Waals surface area contributed by atoms with Gasteiger partial charge < -0.3 is 10.4 Å². The number of rotatable bonds is 1. The van der Waals surface area contributed by atoms with Crippen molar-refractivity contribution in [1.82, 2.24) is 0 Å². The van der Waals surface area contributed by atoms with Crippen molar-refractivity contribution < 1.29 is 9.90 Å². The molecule has 0 aliphatic carbocycles. The lowest BCUT2D eigenvalue weighted by Crippen LogP contribution is -2.35. The van der Waals surface area contributed by atoms with Gasteiger partial charge in [0.05, 0.1) is 0 Å². The maximum atomic E-state index is 12.3. The van der Waals surface area contributed by atoms with Crippen LogP contribution in [-0.4, -0.2) is 11.0 Å². The first-order chi connectivity index (χ1) is 9.83. The predicted molar refractivity (Wildman–Crippen MR) is 83.2 cm³/mol. The number of nitrogens with one attached hydrogen (secondary N) is 1. The third-order valence-electron chi connectivity index (χ3n) is 4.06. The number of hydrogen-bond acceptors (Lipinski definition) is 2. The molecule has 2 N–H and O–H groups in total. The Morgan fingerprint density at radius 3 is 2.24 bits per heavy atom. The van der Waals surface area contributed by atoms with Crippen molar-refractivity contribution in [2.45, 2.75) is 31.8 Å². The summed E-state index contributed by atoms with van der Waals surface area (Å²) in [4.78, 5) is 12.3. The van der Waals surface area contributed by atoms with E-state index >= 15 is 0 Å². The van der Waals surface area contributed by atoms with Crippen LogP contribution in [0.25, 0.3) is 0 Å². The fourth-order valence-electron chi connectivity index (χ4n) is 2.74. The first-order valence-electron chi connectivity index (χ1n) is 7.08. The molecule has 2 aromatic carbocycles. The summed E-state index contributed by atoms with van der Waals surface area (Å²) >= 11 is 0. The Bertz CT molecular complexity index is 698. The second kappa shape index (κ2) is 4.43. The van der Waals surface area contributed by atoms with Crippen LogP contribution >= 0.6 is 0 Å². The minimum atomic E-state index is -1.60. The van der Waals surface area contributed by atoms with Gasteiger partial charge >= 0.3 is 0 Å². The molecule has 1 amide bonds. The Hall–Kier alpha value is -2.13. The molecule has 1 aliphatic heterocycles. The molecule has 0 saturated carbocycles. The smallest absolute Gasteiger partial charge is 0.265 e. The van der Waals surface area contributed by atoms with Crippen molar-refractivity contribution in [3.8, 4) is 0 Å². The van der Waals surface area contributed by atoms with Gasteiger partial charge in [0, 0.05) is 11.3 Å². The number of amides is 1. The molecular weight excluding hydrogens is 262 g/mol. The van der Waals surface area contributed by atoms with Crippen LogP contribution in [0.3, 0.4) is 0 Å². The first kappa shape index (κ1) is 13.8. The molecule has 0 saturated heterocycles. The third kappa shape index (κ3) is 2.05. The SMILES string of the molecule is CC(C)(C)c1ccc(C2(O)C(=O)Nc3ccccc32)cc1. The van der Waals surface area contributed by atoms with E-state index in [0.29, 0.717) is 16.8 Å². The minimum absolute atomic E-state index is 0.0387. The Labute approximate surface area is 124 Å². The minimum Gasteiger partial charge on any atom is -0.372 e. The van der Waals surface area contributed by atoms with Crippen LogP contribution in [0.5, 0.6) is 0 Å². The Morgan fingerprint density at radius 1 is 1.00 bits per heavy atom. The highest BCUT2D eigenvalue weighted by atomic mass is 16.3. The molecule has 3 rings (SSSR count). The van der Waals surface area contributed by atoms with Crippen LogP contribution in [0, 0.1) is 0 Å². The van der Waals surface area contributed by atoms with E-state index in [1.807, 2.05) is 36.4 Å². The van der Waals surface area contributed by atoms with Gasteiger partial charge in [-0.25, -0.2) is 0 Å². The number of benzene rings is 2. The van der Waals surface area contributed by atoms with Gasteiger partial charge in [0.15, 0.2) is 5.60 Å². The lowest BCUT2D eigenvalue weighted by molar-refractivity contribution is -0.129. The van der Waals surface area contributed by atoms with Crippen LogP contribution in [-0.2, 0) is 15.8 Å². The van der Waals surface area contributed by atoms with Crippen LogP contribution in [0.15, 0.2) is 48.5 Å². The van der Waals surface area contributed by atoms with Crippen molar-refractivity contribution in [3.05, 3.63) is 65.2 Å². The van der Waals surface area contributed by atoms with Gasteiger partial charge in [0.2, 0.25) is 0 Å². The van der Waals surface area contributed by atoms with Gasteiger partial charge in [0.25, 0.3) is 5.91 Å². The molecule has 0 fully saturated rings. The van der Waals surface area contributed by atoms with Crippen molar-refractivity contribution in [2.24, 2.45) is 0 Å². The van der Waals surface area contributed by atoms with Crippen LogP contribution < -0.4 is 5.32 Å². The molecule has 21 heavy (non-hydrogen) atoms. The Morgan fingerprint density at radius 2 is 1.62 bits per heavy atom. The summed E-state index contributed by atoms with van der Waals surface area (Å²) in [6.07, 6.45) is 0. The van der Waals surface area contributed by atoms with Gasteiger partial charge in [-0.3, -0.25) is 4.79 Å². The molecule has 0 aromatic heterocycles. The largest absolute Gasteiger partial charge is 0.372 e. The number of para-hydroxylation sites is 1. The molecule has 0 bridgehead atoms. The van der Waals surface area contributed by atoms with Crippen LogP contribution in [0.2, 0.25) is 0 Å². The molecule has 3 heteroatoms. The van der Waals surface area contributed by atoms with Crippen molar-refractivity contribution in [3.63, 3.8) is 0 Å². The number of carbonyl (C=O) groups is 1. The van der Waals surface area contributed by atoms with Gasteiger partial charge in [-0.2, -0.15) is 0 Å². The summed E-state index contributed by atoms with van der Waals surface area (Å²) in [6, 6.07) is 14.9. The summed E-state index contributed by atoms with van der Waals surface area (Å²) in [5.74, 6) is -0.396. The number of anilines is 1. The summed E-state index contributed by atoms with van der Waals surface area (Å²) in [6.45, 7) is 6.40. The molecule has 0 spiro atoms. The van der Waals surface area contributed by atoms with E-state index in [1.54, 1.807) is 12.1 Å². The molecule has 1 aliphatic rings. The molecule has 3 nitrogen and oxygen atoms in total. The van der Waals surface area contributed by atoms with E-state index in [-0.39, 0.29) is 5.41 Å². The van der Waals surface area contributed by atoms with Crippen molar-refractivity contribution >= 4 is 11.6 Å². The topological polar surface area (TPSA) is 49.3 Å². The van der Waals surface area contributed by atoms with E-state index < -0.39 is 11.5 Å². The van der Waals surface area contributed by atoms with E-state index in [4.69, 9.17) is 0 Å². The summed E-state index contributed by atoms with van der Waals surface area (Å²) < 4.78 is 0. The second-order valence-electron chi connectivity index (χ2n) is 6.54. The zero-order valence-corrected chi connectivity index (χ0v) is 12.5. The monoisotopic (exact) mass is 281 g/mol. The fourth-order valence-corrected chi connectivity index (χ4v) is 2.74. The number of carbonyl (C=O) groups excluding carboxylic acids is 1. The highest BCUT2D eigenvalue weighted by Crippen LogP contribution is 2.40. The fraction of sp³-hybridized carbons (Fsp3) is 0.278. The van der Waals surface area contributed by atoms with Gasteiger partial charge in [-0.05, 0) is 22.6 Å². The second-order valence-corrected chi connectivity index (χ2v) is 6.54. The maximum absolute atomic E-state index is 12.3. The molecule has 0 radical (unpaired) electrons. The highest BCUT2D eigenvalue weighted by Gasteiger charge is 2.46. The zero-order valence-electron chi connectivity index (χ0n) is 12.5. The Kier molecular flexibility index (Phi) is 2.92. The lowest BCUT2D eigenvalue weighted by Gasteiger charge is -2.24. The number of fused-ring (bicyclic) bond motifs is 1. The quantitative estimate of drug-likeness (QED) is 0.843. The average Bonchev–Trinajstić information content (AvgIpc) is 2.71. The van der Waals surface area contributed by atoms with Crippen molar-refractivity contribution in [1.29, 1.82) is 0 Å². The first-order valence-corrected chi connectivity index (χ1v) is 7.08. The zero-order chi connectivity index (χ0) is 15.3. The molecule has 1 heterocycles. The van der Waals surface area contributed by atoms with E-state index in [2.05, 4.69) is 26.1 Å². The van der Waals surface area contributed by atoms with Gasteiger partial charge in [-0.15, -0.1) is 0 Å². The predicted octanol–water partition coefficient (Wildman–Crippen LogP) is 3.17.